The van der Waals surface area contributed by atoms with Crippen molar-refractivity contribution in [1.29, 1.82) is 0 Å². The number of rotatable bonds is 19. The topological polar surface area (TPSA) is 63.6 Å². The summed E-state index contributed by atoms with van der Waals surface area (Å²) in [6, 6.07) is 17.7. The van der Waals surface area contributed by atoms with Gasteiger partial charge in [-0.15, -0.1) is 0 Å². The molecule has 0 saturated heterocycles. The molecule has 0 spiro atoms. The molecule has 0 aliphatic heterocycles. The number of ether oxygens (including phenoxy) is 1. The maximum atomic E-state index is 12.9. The van der Waals surface area contributed by atoms with E-state index in [-0.39, 0.29) is 6.42 Å². The zero-order valence-electron chi connectivity index (χ0n) is 23.3. The van der Waals surface area contributed by atoms with Gasteiger partial charge in [-0.1, -0.05) is 145 Å². The minimum atomic E-state index is -0.917. The Hall–Kier alpha value is -2.88. The smallest absolute Gasteiger partial charge is 0.312 e. The van der Waals surface area contributed by atoms with E-state index >= 15 is 0 Å². The van der Waals surface area contributed by atoms with Crippen molar-refractivity contribution < 1.29 is 19.4 Å². The van der Waals surface area contributed by atoms with Crippen LogP contribution in [0.15, 0.2) is 54.6 Å². The molecular weight excluding hydrogens is 472 g/mol. The highest BCUT2D eigenvalue weighted by Crippen LogP contribution is 2.35. The number of carbonyl (C=O) groups is 2. The quantitative estimate of drug-likeness (QED) is 0.0742. The van der Waals surface area contributed by atoms with E-state index in [2.05, 4.69) is 13.0 Å². The highest BCUT2D eigenvalue weighted by molar-refractivity contribution is 6.06. The van der Waals surface area contributed by atoms with Crippen molar-refractivity contribution in [2.45, 2.75) is 110 Å². The second-order valence-corrected chi connectivity index (χ2v) is 10.7. The van der Waals surface area contributed by atoms with Crippen molar-refractivity contribution in [2.75, 3.05) is 0 Å². The number of esters is 1. The summed E-state index contributed by atoms with van der Waals surface area (Å²) in [7, 11) is 0. The zero-order valence-corrected chi connectivity index (χ0v) is 23.3. The van der Waals surface area contributed by atoms with Crippen LogP contribution in [-0.4, -0.2) is 17.0 Å². The monoisotopic (exact) mass is 518 g/mol. The normalized spacial score (nSPS) is 12.1. The van der Waals surface area contributed by atoms with Crippen LogP contribution in [0, 0.1) is 5.92 Å². The number of carboxylic acid groups (broad SMARTS) is 1. The van der Waals surface area contributed by atoms with Crippen LogP contribution in [0.5, 0.6) is 5.75 Å². The number of fused-ring (bicyclic) bond motifs is 2. The number of hydrogen-bond acceptors (Lipinski definition) is 3. The van der Waals surface area contributed by atoms with Crippen LogP contribution in [0.4, 0.5) is 0 Å². The third-order valence-corrected chi connectivity index (χ3v) is 7.61. The van der Waals surface area contributed by atoms with Crippen LogP contribution in [0.2, 0.25) is 0 Å². The number of benzene rings is 3. The van der Waals surface area contributed by atoms with E-state index in [1.807, 2.05) is 48.5 Å². The van der Waals surface area contributed by atoms with Crippen LogP contribution in [0.1, 0.15) is 110 Å². The van der Waals surface area contributed by atoms with Gasteiger partial charge in [-0.2, -0.15) is 0 Å². The van der Waals surface area contributed by atoms with Crippen molar-refractivity contribution in [1.82, 2.24) is 0 Å². The molecular formula is C34H46O4. The standard InChI is InChI=1S/C34H46O4/c1-2-3-4-5-6-7-8-9-10-11-12-13-14-15-22-29(34(36)37)26-32(35)38-33-30-23-18-16-20-27(30)25-28-21-17-19-24-31(28)33/h16-21,23-25,29H,2-15,22,26H2,1H3,(H,36,37). The fourth-order valence-electron chi connectivity index (χ4n) is 5.34. The molecule has 0 radical (unpaired) electrons. The zero-order chi connectivity index (χ0) is 27.0. The Morgan fingerprint density at radius 3 is 1.61 bits per heavy atom. The van der Waals surface area contributed by atoms with E-state index in [0.717, 1.165) is 40.8 Å². The van der Waals surface area contributed by atoms with Gasteiger partial charge in [0.1, 0.15) is 5.75 Å². The highest BCUT2D eigenvalue weighted by atomic mass is 16.5. The Labute approximate surface area is 228 Å². The average molecular weight is 519 g/mol. The largest absolute Gasteiger partial charge is 0.481 e. The van der Waals surface area contributed by atoms with E-state index in [9.17, 15) is 14.7 Å². The molecule has 3 aromatic carbocycles. The van der Waals surface area contributed by atoms with E-state index in [1.54, 1.807) is 0 Å². The molecule has 1 unspecified atom stereocenters. The molecule has 0 heterocycles. The molecule has 3 rings (SSSR count). The van der Waals surface area contributed by atoms with Gasteiger partial charge in [0.05, 0.1) is 12.3 Å². The van der Waals surface area contributed by atoms with Crippen LogP contribution in [0.25, 0.3) is 21.5 Å². The summed E-state index contributed by atoms with van der Waals surface area (Å²) in [5, 5.41) is 13.4. The molecule has 1 atom stereocenters. The lowest BCUT2D eigenvalue weighted by Crippen LogP contribution is -2.21. The first-order valence-corrected chi connectivity index (χ1v) is 14.9. The Morgan fingerprint density at radius 1 is 0.684 bits per heavy atom. The predicted molar refractivity (Wildman–Crippen MR) is 158 cm³/mol. The maximum Gasteiger partial charge on any atom is 0.312 e. The van der Waals surface area contributed by atoms with Crippen molar-refractivity contribution in [3.05, 3.63) is 54.6 Å². The summed E-state index contributed by atoms with van der Waals surface area (Å²) in [6.07, 6.45) is 18.1. The molecule has 1 N–H and O–H groups in total. The molecule has 0 fully saturated rings. The SMILES string of the molecule is CCCCCCCCCCCCCCCCC(CC(=O)Oc1c2ccccc2cc2ccccc12)C(=O)O. The van der Waals surface area contributed by atoms with Gasteiger partial charge in [0, 0.05) is 10.8 Å². The first-order chi connectivity index (χ1) is 18.6. The van der Waals surface area contributed by atoms with Crippen LogP contribution >= 0.6 is 0 Å². The molecule has 0 aliphatic rings. The number of carbonyl (C=O) groups excluding carboxylic acids is 1. The molecule has 0 saturated carbocycles. The van der Waals surface area contributed by atoms with Crippen molar-refractivity contribution >= 4 is 33.5 Å². The van der Waals surface area contributed by atoms with Gasteiger partial charge >= 0.3 is 11.9 Å². The minimum Gasteiger partial charge on any atom is -0.481 e. The van der Waals surface area contributed by atoms with Gasteiger partial charge in [-0.25, -0.2) is 0 Å². The number of unbranched alkanes of at least 4 members (excludes halogenated alkanes) is 13. The molecule has 38 heavy (non-hydrogen) atoms. The number of carboxylic acids is 1. The fraction of sp³-hybridized carbons (Fsp3) is 0.529. The third-order valence-electron chi connectivity index (χ3n) is 7.61. The summed E-state index contributed by atoms with van der Waals surface area (Å²) in [6.45, 7) is 2.26. The first-order valence-electron chi connectivity index (χ1n) is 14.9. The summed E-state index contributed by atoms with van der Waals surface area (Å²) < 4.78 is 5.84. The second kappa shape index (κ2) is 16.9. The predicted octanol–water partition coefficient (Wildman–Crippen LogP) is 9.86. The van der Waals surface area contributed by atoms with Gasteiger partial charge in [-0.3, -0.25) is 9.59 Å². The maximum absolute atomic E-state index is 12.9. The van der Waals surface area contributed by atoms with E-state index in [1.165, 1.54) is 70.6 Å². The van der Waals surface area contributed by atoms with Gasteiger partial charge < -0.3 is 9.84 Å². The highest BCUT2D eigenvalue weighted by Gasteiger charge is 2.23. The lowest BCUT2D eigenvalue weighted by atomic mass is 9.97. The molecule has 0 bridgehead atoms. The fourth-order valence-corrected chi connectivity index (χ4v) is 5.34. The number of aliphatic carboxylic acids is 1. The third kappa shape index (κ3) is 9.78. The lowest BCUT2D eigenvalue weighted by molar-refractivity contribution is -0.147. The van der Waals surface area contributed by atoms with Crippen molar-refractivity contribution in [3.63, 3.8) is 0 Å². The molecule has 0 aliphatic carbocycles. The number of hydrogen-bond donors (Lipinski definition) is 1. The van der Waals surface area contributed by atoms with Crippen LogP contribution in [0.3, 0.4) is 0 Å². The Bertz CT molecular complexity index is 1080. The first kappa shape index (κ1) is 29.7. The summed E-state index contributed by atoms with van der Waals surface area (Å²) in [5.41, 5.74) is 0. The molecule has 4 nitrogen and oxygen atoms in total. The minimum absolute atomic E-state index is 0.106. The summed E-state index contributed by atoms with van der Waals surface area (Å²) in [4.78, 5) is 24.7. The Balaban J connectivity index is 1.37. The Kier molecular flexibility index (Phi) is 13.2. The molecule has 3 aromatic rings. The van der Waals surface area contributed by atoms with Gasteiger partial charge in [-0.05, 0) is 23.3 Å². The molecule has 0 aromatic heterocycles. The van der Waals surface area contributed by atoms with Crippen LogP contribution in [-0.2, 0) is 9.59 Å². The van der Waals surface area contributed by atoms with Crippen LogP contribution < -0.4 is 4.74 Å². The van der Waals surface area contributed by atoms with E-state index in [4.69, 9.17) is 4.74 Å². The van der Waals surface area contributed by atoms with Gasteiger partial charge in [0.2, 0.25) is 0 Å². The summed E-state index contributed by atoms with van der Waals surface area (Å²) >= 11 is 0. The van der Waals surface area contributed by atoms with Crippen molar-refractivity contribution in [2.24, 2.45) is 5.92 Å². The van der Waals surface area contributed by atoms with Gasteiger partial charge in [0.25, 0.3) is 0 Å². The second-order valence-electron chi connectivity index (χ2n) is 10.7. The van der Waals surface area contributed by atoms with E-state index < -0.39 is 17.9 Å². The Morgan fingerprint density at radius 2 is 1.13 bits per heavy atom. The van der Waals surface area contributed by atoms with Crippen molar-refractivity contribution in [3.8, 4) is 5.75 Å². The lowest BCUT2D eigenvalue weighted by Gasteiger charge is -2.14. The molecule has 206 valence electrons. The average Bonchev–Trinajstić information content (AvgIpc) is 2.92. The van der Waals surface area contributed by atoms with Gasteiger partial charge in [0.15, 0.2) is 0 Å². The van der Waals surface area contributed by atoms with E-state index in [0.29, 0.717) is 12.2 Å². The summed E-state index contributed by atoms with van der Waals surface area (Å²) in [5.74, 6) is -1.59. The molecule has 4 heteroatoms. The molecule has 0 amide bonds.